The number of nitrogens with zero attached hydrogens (tertiary/aromatic N) is 2. The molecule has 6 aromatic carbocycles. The molecule has 82 heavy (non-hydrogen) atoms. The van der Waals surface area contributed by atoms with Gasteiger partial charge in [-0.15, -0.1) is 0 Å². The van der Waals surface area contributed by atoms with Gasteiger partial charge in [-0.05, 0) is 122 Å². The smallest absolute Gasteiger partial charge is 0.349 e. The van der Waals surface area contributed by atoms with Crippen LogP contribution < -0.4 is 0 Å². The highest BCUT2D eigenvalue weighted by atomic mass is 32.2. The molecule has 0 amide bonds. The van der Waals surface area contributed by atoms with Crippen molar-refractivity contribution < 1.29 is 87.8 Å². The maximum atomic E-state index is 14.3. The fraction of sp³-hybridized carbons (Fsp3) is 0.345. The van der Waals surface area contributed by atoms with Gasteiger partial charge in [0, 0.05) is 23.0 Å². The average Bonchev–Trinajstić information content (AvgIpc) is 3.53. The summed E-state index contributed by atoms with van der Waals surface area (Å²) < 4.78 is 260. The number of ether oxygens (including phenoxy) is 2. The molecule has 8 rings (SSSR count). The second-order valence-corrected chi connectivity index (χ2v) is 24.3. The number of alkyl halides is 12. The molecule has 6 aromatic rings. The summed E-state index contributed by atoms with van der Waals surface area (Å²) in [5, 5.41) is 18.7. The van der Waals surface area contributed by atoms with Crippen LogP contribution in [0.15, 0.2) is 168 Å². The fourth-order valence-corrected chi connectivity index (χ4v) is 14.9. The molecule has 0 radical (unpaired) electrons. The van der Waals surface area contributed by atoms with Crippen LogP contribution in [0.5, 0.6) is 0 Å². The number of benzene rings is 6. The first-order valence-electron chi connectivity index (χ1n) is 25.0. The van der Waals surface area contributed by atoms with Crippen molar-refractivity contribution >= 4 is 19.7 Å². The molecule has 2 saturated carbocycles. The highest BCUT2D eigenvalue weighted by molar-refractivity contribution is 7.92. The van der Waals surface area contributed by atoms with Gasteiger partial charge in [-0.2, -0.15) is 63.2 Å². The summed E-state index contributed by atoms with van der Waals surface area (Å²) in [5.41, 5.74) is -11.8. The van der Waals surface area contributed by atoms with Crippen molar-refractivity contribution in [1.82, 2.24) is 0 Å². The molecule has 0 spiro atoms. The predicted octanol–water partition coefficient (Wildman–Crippen LogP) is 15.5. The molecule has 0 aromatic heterocycles. The van der Waals surface area contributed by atoms with Gasteiger partial charge in [-0.1, -0.05) is 109 Å². The lowest BCUT2D eigenvalue weighted by atomic mass is 9.77. The van der Waals surface area contributed by atoms with Crippen molar-refractivity contribution in [2.24, 2.45) is 11.8 Å². The Balaban J connectivity index is 0.000000236. The first-order valence-corrected chi connectivity index (χ1v) is 28.0. The van der Waals surface area contributed by atoms with Crippen molar-refractivity contribution in [2.75, 3.05) is 0 Å². The summed E-state index contributed by atoms with van der Waals surface area (Å²) in [6.45, 7) is -2.00. The topological polar surface area (TPSA) is 134 Å². The quantitative estimate of drug-likeness (QED) is 0.0777. The Morgan fingerprint density at radius 2 is 0.683 bits per heavy atom. The van der Waals surface area contributed by atoms with E-state index in [9.17, 15) is 88.8 Å². The van der Waals surface area contributed by atoms with Crippen LogP contribution >= 0.6 is 0 Å². The monoisotopic (exact) mass is 1200 g/mol. The van der Waals surface area contributed by atoms with Crippen LogP contribution in [0.3, 0.4) is 0 Å². The Hall–Kier alpha value is -6.86. The van der Waals surface area contributed by atoms with Crippen LogP contribution in [0.2, 0.25) is 0 Å². The first-order chi connectivity index (χ1) is 38.4. The van der Waals surface area contributed by atoms with Gasteiger partial charge >= 0.3 is 24.7 Å². The summed E-state index contributed by atoms with van der Waals surface area (Å²) in [6.07, 6.45) is -23.6. The zero-order valence-electron chi connectivity index (χ0n) is 42.7. The molecular weight excluding hydrogens is 1150 g/mol. The molecular formula is C58H48F14N2O6S2. The molecule has 2 aliphatic rings. The summed E-state index contributed by atoms with van der Waals surface area (Å²) in [6, 6.07) is 32.3. The molecule has 2 fully saturated rings. The molecule has 0 bridgehead atoms. The molecule has 0 N–H and O–H groups in total. The van der Waals surface area contributed by atoms with E-state index in [2.05, 4.69) is 21.6 Å². The molecule has 2 aliphatic carbocycles. The fourth-order valence-electron chi connectivity index (χ4n) is 10.5. The molecule has 8 nitrogen and oxygen atoms in total. The minimum absolute atomic E-state index is 0.0386. The molecule has 0 heterocycles. The average molecular weight is 1200 g/mol. The summed E-state index contributed by atoms with van der Waals surface area (Å²) in [5.74, 6) is -2.33. The minimum atomic E-state index is -5.93. The van der Waals surface area contributed by atoms with Gasteiger partial charge in [-0.25, -0.2) is 25.6 Å². The number of halogens is 14. The van der Waals surface area contributed by atoms with Gasteiger partial charge in [0.1, 0.15) is 21.1 Å². The Bertz CT molecular complexity index is 3180. The standard InChI is InChI=1S/2C29H24F7NO3S/c2*30-24-10-12-25(13-11-24)41(38,39)26(16-14-20(18-37)15-17-26)22-6-8-23(9-7-22)27(28(31,32)33,29(34,35)36)40-19-21-4-2-1-3-5-21/h2*1-13,20H,14-17,19H2. The van der Waals surface area contributed by atoms with Crippen LogP contribution in [0, 0.1) is 46.1 Å². The molecule has 0 atom stereocenters. The Morgan fingerprint density at radius 1 is 0.415 bits per heavy atom. The minimum Gasteiger partial charge on any atom is -0.349 e. The zero-order chi connectivity index (χ0) is 60.2. The van der Waals surface area contributed by atoms with E-state index in [1.54, 1.807) is 12.1 Å². The van der Waals surface area contributed by atoms with Crippen molar-refractivity contribution in [2.45, 2.75) is 120 Å². The van der Waals surface area contributed by atoms with Gasteiger partial charge in [0.25, 0.3) is 11.2 Å². The third-order valence-electron chi connectivity index (χ3n) is 15.1. The third-order valence-corrected chi connectivity index (χ3v) is 20.2. The van der Waals surface area contributed by atoms with E-state index >= 15 is 0 Å². The first kappa shape index (κ1) is 62.7. The third kappa shape index (κ3) is 11.9. The van der Waals surface area contributed by atoms with E-state index in [0.29, 0.717) is 24.3 Å². The van der Waals surface area contributed by atoms with Crippen LogP contribution in [0.4, 0.5) is 61.5 Å². The number of hydrogen-bond donors (Lipinski definition) is 0. The Kier molecular flexibility index (Phi) is 18.2. The van der Waals surface area contributed by atoms with Gasteiger partial charge in [0.05, 0.1) is 35.1 Å². The predicted molar refractivity (Wildman–Crippen MR) is 269 cm³/mol. The van der Waals surface area contributed by atoms with E-state index in [1.807, 2.05) is 0 Å². The normalized spacial score (nSPS) is 20.4. The summed E-state index contributed by atoms with van der Waals surface area (Å²) in [4.78, 5) is -0.519. The lowest BCUT2D eigenvalue weighted by Gasteiger charge is -2.40. The van der Waals surface area contributed by atoms with Gasteiger partial charge in [0.15, 0.2) is 19.7 Å². The summed E-state index contributed by atoms with van der Waals surface area (Å²) >= 11 is 0. The second-order valence-electron chi connectivity index (χ2n) is 19.8. The largest absolute Gasteiger partial charge is 0.430 e. The van der Waals surface area contributed by atoms with Gasteiger partial charge < -0.3 is 9.47 Å². The van der Waals surface area contributed by atoms with Gasteiger partial charge in [-0.3, -0.25) is 0 Å². The van der Waals surface area contributed by atoms with Crippen LogP contribution in [-0.4, -0.2) is 41.5 Å². The summed E-state index contributed by atoms with van der Waals surface area (Å²) in [7, 11) is -8.66. The molecule has 0 aliphatic heterocycles. The number of rotatable bonds is 14. The van der Waals surface area contributed by atoms with Gasteiger partial charge in [0.2, 0.25) is 0 Å². The molecule has 24 heteroatoms. The number of sulfone groups is 2. The second kappa shape index (κ2) is 23.8. The van der Waals surface area contributed by atoms with Crippen LogP contribution in [-0.2, 0) is 63.1 Å². The highest BCUT2D eigenvalue weighted by Crippen LogP contribution is 2.57. The van der Waals surface area contributed by atoms with E-state index in [4.69, 9.17) is 0 Å². The van der Waals surface area contributed by atoms with Crippen LogP contribution in [0.25, 0.3) is 0 Å². The maximum absolute atomic E-state index is 14.3. The lowest BCUT2D eigenvalue weighted by Crippen LogP contribution is -2.55. The van der Waals surface area contributed by atoms with E-state index in [0.717, 1.165) is 72.8 Å². The van der Waals surface area contributed by atoms with Crippen molar-refractivity contribution in [3.63, 3.8) is 0 Å². The molecule has 0 saturated heterocycles. The number of nitriles is 2. The van der Waals surface area contributed by atoms with E-state index in [1.165, 1.54) is 48.5 Å². The number of hydrogen-bond acceptors (Lipinski definition) is 8. The SMILES string of the molecule is N#CC1CCC(c2ccc(C(OCc3ccccc3)(C(F)(F)F)C(F)(F)F)cc2)(S(=O)(=O)c2ccc(F)cc2)CC1.N#CC1CCC(c2ccc(C(OCc3ccccc3)(C(F)(F)F)C(F)(F)F)cc2)(S(=O)(=O)c2ccc(F)cc2)CC1. The Labute approximate surface area is 462 Å². The lowest BCUT2D eigenvalue weighted by molar-refractivity contribution is -0.393. The van der Waals surface area contributed by atoms with Crippen molar-refractivity contribution in [3.05, 3.63) is 203 Å². The zero-order valence-corrected chi connectivity index (χ0v) is 44.3. The van der Waals surface area contributed by atoms with Crippen LogP contribution in [0.1, 0.15) is 84.7 Å². The molecule has 0 unspecified atom stereocenters. The maximum Gasteiger partial charge on any atom is 0.430 e. The van der Waals surface area contributed by atoms with Crippen molar-refractivity contribution in [3.8, 4) is 12.1 Å². The van der Waals surface area contributed by atoms with E-state index in [-0.39, 0.29) is 83.4 Å². The highest BCUT2D eigenvalue weighted by Gasteiger charge is 2.74. The Morgan fingerprint density at radius 3 is 0.927 bits per heavy atom. The van der Waals surface area contributed by atoms with E-state index < -0.39 is 113 Å². The van der Waals surface area contributed by atoms with Crippen molar-refractivity contribution in [1.29, 1.82) is 10.5 Å². The molecule has 436 valence electrons.